The van der Waals surface area contributed by atoms with Crippen LogP contribution >= 0.6 is 0 Å². The number of ether oxygens (including phenoxy) is 5. The van der Waals surface area contributed by atoms with Crippen LogP contribution in [0.15, 0.2) is 12.3 Å². The number of hydrogen-bond donors (Lipinski definition) is 0. The summed E-state index contributed by atoms with van der Waals surface area (Å²) in [6.07, 6.45) is 5.77. The van der Waals surface area contributed by atoms with Crippen LogP contribution in [-0.2, 0) is 23.7 Å². The Morgan fingerprint density at radius 3 is 1.84 bits per heavy atom. The van der Waals surface area contributed by atoms with Crippen LogP contribution in [0.4, 0.5) is 0 Å². The third-order valence-corrected chi connectivity index (χ3v) is 9.01. The van der Waals surface area contributed by atoms with Crippen molar-refractivity contribution in [1.29, 1.82) is 0 Å². The molecular formula is C27H48O5. The smallest absolute Gasteiger partial charge is 0.161 e. The molecule has 3 aliphatic rings. The molecule has 0 radical (unpaired) electrons. The van der Waals surface area contributed by atoms with Gasteiger partial charge in [-0.05, 0) is 42.6 Å². The maximum atomic E-state index is 6.60. The van der Waals surface area contributed by atoms with E-state index in [1.165, 1.54) is 0 Å². The average Bonchev–Trinajstić information content (AvgIpc) is 2.79. The van der Waals surface area contributed by atoms with Gasteiger partial charge in [-0.2, -0.15) is 0 Å². The molecule has 0 aliphatic carbocycles. The van der Waals surface area contributed by atoms with E-state index in [1.54, 1.807) is 0 Å². The average molecular weight is 453 g/mol. The molecule has 0 aromatic heterocycles. The van der Waals surface area contributed by atoms with Crippen molar-refractivity contribution in [2.24, 2.45) is 41.4 Å². The van der Waals surface area contributed by atoms with Gasteiger partial charge in [0.05, 0.1) is 25.1 Å². The zero-order valence-corrected chi connectivity index (χ0v) is 21.8. The summed E-state index contributed by atoms with van der Waals surface area (Å²) < 4.78 is 31.8. The fourth-order valence-corrected chi connectivity index (χ4v) is 5.66. The van der Waals surface area contributed by atoms with Crippen molar-refractivity contribution in [3.05, 3.63) is 12.3 Å². The normalized spacial score (nSPS) is 49.6. The molecule has 5 heteroatoms. The first kappa shape index (κ1) is 26.0. The monoisotopic (exact) mass is 452 g/mol. The minimum atomic E-state index is -0.251. The summed E-state index contributed by atoms with van der Waals surface area (Å²) >= 11 is 0. The van der Waals surface area contributed by atoms with Gasteiger partial charge in [0.1, 0.15) is 12.2 Å². The van der Waals surface area contributed by atoms with E-state index in [0.29, 0.717) is 48.0 Å². The predicted octanol–water partition coefficient (Wildman–Crippen LogP) is 6.02. The van der Waals surface area contributed by atoms with Crippen LogP contribution < -0.4 is 0 Å². The summed E-state index contributed by atoms with van der Waals surface area (Å²) in [6.45, 7) is 20.8. The zero-order chi connectivity index (χ0) is 23.6. The molecule has 0 N–H and O–H groups in total. The predicted molar refractivity (Wildman–Crippen MR) is 127 cm³/mol. The Hall–Kier alpha value is -0.620. The van der Waals surface area contributed by atoms with Gasteiger partial charge in [-0.15, -0.1) is 0 Å². The lowest BCUT2D eigenvalue weighted by molar-refractivity contribution is -0.304. The van der Waals surface area contributed by atoms with Gasteiger partial charge >= 0.3 is 0 Å². The summed E-state index contributed by atoms with van der Waals surface area (Å²) in [5, 5.41) is 0. The fraction of sp³-hybridized carbons (Fsp3) is 0.926. The lowest BCUT2D eigenvalue weighted by atomic mass is 9.78. The molecule has 0 spiro atoms. The Balaban J connectivity index is 1.64. The van der Waals surface area contributed by atoms with E-state index in [9.17, 15) is 0 Å². The van der Waals surface area contributed by atoms with E-state index >= 15 is 0 Å². The van der Waals surface area contributed by atoms with E-state index in [2.05, 4.69) is 68.4 Å². The minimum absolute atomic E-state index is 0.00725. The quantitative estimate of drug-likeness (QED) is 0.472. The zero-order valence-electron chi connectivity index (χ0n) is 21.8. The van der Waals surface area contributed by atoms with Crippen molar-refractivity contribution < 1.29 is 23.7 Å². The van der Waals surface area contributed by atoms with E-state index in [0.717, 1.165) is 12.8 Å². The van der Waals surface area contributed by atoms with Crippen molar-refractivity contribution in [1.82, 2.24) is 0 Å². The first-order valence-corrected chi connectivity index (χ1v) is 13.1. The molecule has 0 saturated carbocycles. The van der Waals surface area contributed by atoms with Gasteiger partial charge in [0.15, 0.2) is 12.6 Å². The molecule has 2 saturated heterocycles. The van der Waals surface area contributed by atoms with Gasteiger partial charge in [0.25, 0.3) is 0 Å². The van der Waals surface area contributed by atoms with Gasteiger partial charge in [-0.1, -0.05) is 62.3 Å². The summed E-state index contributed by atoms with van der Waals surface area (Å²) in [4.78, 5) is 0. The van der Waals surface area contributed by atoms with Gasteiger partial charge < -0.3 is 23.7 Å². The molecule has 32 heavy (non-hydrogen) atoms. The van der Waals surface area contributed by atoms with Crippen molar-refractivity contribution in [2.75, 3.05) is 6.61 Å². The lowest BCUT2D eigenvalue weighted by Gasteiger charge is -2.47. The van der Waals surface area contributed by atoms with Crippen LogP contribution in [0.1, 0.15) is 75.2 Å². The molecular weight excluding hydrogens is 404 g/mol. The van der Waals surface area contributed by atoms with Crippen LogP contribution in [0.3, 0.4) is 0 Å². The molecule has 0 bridgehead atoms. The Labute approximate surface area is 196 Å². The molecule has 5 nitrogen and oxygen atoms in total. The summed E-state index contributed by atoms with van der Waals surface area (Å²) in [5.41, 5.74) is 0. The molecule has 0 amide bonds. The number of rotatable bonds is 7. The Morgan fingerprint density at radius 2 is 1.22 bits per heavy atom. The highest BCUT2D eigenvalue weighted by molar-refractivity contribution is 4.96. The minimum Gasteiger partial charge on any atom is -0.496 e. The highest BCUT2D eigenvalue weighted by Crippen LogP contribution is 2.40. The molecule has 3 rings (SSSR count). The maximum absolute atomic E-state index is 6.60. The standard InChI is InChI=1S/C27H48O5/c1-10-22-18(6)16(4)20(8)26(30-22)29-14-24-19(7)17(5)21(9)27(31-24)32-25-15(3)12-13-28-23(25)11-2/h12-13,15-27H,10-11,14H2,1-9H3/t15?,16?,17?,18-,19-,20?,21?,22?,23?,24?,25-,26+,27+/m0/s1. The lowest BCUT2D eigenvalue weighted by Crippen LogP contribution is -2.52. The first-order chi connectivity index (χ1) is 15.2. The molecule has 0 aromatic carbocycles. The Bertz CT molecular complexity index is 607. The van der Waals surface area contributed by atoms with Crippen LogP contribution in [0, 0.1) is 41.4 Å². The summed E-state index contributed by atoms with van der Waals surface area (Å²) in [7, 11) is 0. The second-order valence-corrected chi connectivity index (χ2v) is 10.9. The molecule has 0 aromatic rings. The van der Waals surface area contributed by atoms with E-state index < -0.39 is 0 Å². The largest absolute Gasteiger partial charge is 0.496 e. The van der Waals surface area contributed by atoms with E-state index in [1.807, 2.05) is 6.26 Å². The third kappa shape index (κ3) is 5.37. The first-order valence-electron chi connectivity index (χ1n) is 13.1. The van der Waals surface area contributed by atoms with E-state index in [-0.39, 0.29) is 37.0 Å². The van der Waals surface area contributed by atoms with Gasteiger partial charge in [0, 0.05) is 17.8 Å². The Morgan fingerprint density at radius 1 is 0.656 bits per heavy atom. The van der Waals surface area contributed by atoms with Gasteiger partial charge in [-0.25, -0.2) is 0 Å². The molecule has 8 unspecified atom stereocenters. The second-order valence-electron chi connectivity index (χ2n) is 10.9. The van der Waals surface area contributed by atoms with Crippen LogP contribution in [0.25, 0.3) is 0 Å². The highest BCUT2D eigenvalue weighted by Gasteiger charge is 2.44. The van der Waals surface area contributed by atoms with Gasteiger partial charge in [0.2, 0.25) is 0 Å². The summed E-state index contributed by atoms with van der Waals surface area (Å²) in [5.74, 6) is 2.98. The maximum Gasteiger partial charge on any atom is 0.161 e. The fourth-order valence-electron chi connectivity index (χ4n) is 5.66. The van der Waals surface area contributed by atoms with E-state index in [4.69, 9.17) is 23.7 Å². The molecule has 13 atom stereocenters. The van der Waals surface area contributed by atoms with Crippen molar-refractivity contribution in [2.45, 2.75) is 112 Å². The van der Waals surface area contributed by atoms with Gasteiger partial charge in [-0.3, -0.25) is 0 Å². The molecule has 2 fully saturated rings. The topological polar surface area (TPSA) is 46.2 Å². The SMILES string of the molecule is CCC1O[C@@H](OCC2O[C@H](O[C@H]3C(C)C=COC3CC)C(C)C(C)[C@@H]2C)C(C)C(C)[C@@H]1C. The van der Waals surface area contributed by atoms with Crippen LogP contribution in [0.2, 0.25) is 0 Å². The van der Waals surface area contributed by atoms with Crippen LogP contribution in [0.5, 0.6) is 0 Å². The molecule has 3 aliphatic heterocycles. The molecule has 3 heterocycles. The Kier molecular flexibility index (Phi) is 9.10. The van der Waals surface area contributed by atoms with Crippen molar-refractivity contribution in [3.63, 3.8) is 0 Å². The number of hydrogen-bond acceptors (Lipinski definition) is 5. The van der Waals surface area contributed by atoms with Crippen LogP contribution in [-0.4, -0.2) is 43.6 Å². The summed E-state index contributed by atoms with van der Waals surface area (Å²) in [6, 6.07) is 0. The second kappa shape index (κ2) is 11.2. The van der Waals surface area contributed by atoms with Crippen molar-refractivity contribution >= 4 is 0 Å². The van der Waals surface area contributed by atoms with Crippen molar-refractivity contribution in [3.8, 4) is 0 Å². The molecule has 186 valence electrons. The third-order valence-electron chi connectivity index (χ3n) is 9.01. The highest BCUT2D eigenvalue weighted by atomic mass is 16.7.